The molecule has 2 N–H and O–H groups in total. The fourth-order valence-electron chi connectivity index (χ4n) is 0.963. The van der Waals surface area contributed by atoms with Crippen molar-refractivity contribution < 1.29 is 19.4 Å². The van der Waals surface area contributed by atoms with Gasteiger partial charge < -0.3 is 15.2 Å². The normalized spacial score (nSPS) is 14.3. The Balaban J connectivity index is 3.96. The summed E-state index contributed by atoms with van der Waals surface area (Å²) in [6.07, 6.45) is 0. The Labute approximate surface area is 93.6 Å². The second-order valence-corrected chi connectivity index (χ2v) is 4.66. The van der Waals surface area contributed by atoms with Gasteiger partial charge in [0.15, 0.2) is 0 Å². The Morgan fingerprint density at radius 2 is 2.13 bits per heavy atom. The molecule has 0 aliphatic carbocycles. The van der Waals surface area contributed by atoms with Crippen molar-refractivity contribution in [2.24, 2.45) is 0 Å². The maximum atomic E-state index is 10.7. The van der Waals surface area contributed by atoms with E-state index in [2.05, 4.69) is 5.32 Å². The van der Waals surface area contributed by atoms with Crippen LogP contribution in [0.3, 0.4) is 0 Å². The minimum absolute atomic E-state index is 0.214. The third kappa shape index (κ3) is 7.21. The summed E-state index contributed by atoms with van der Waals surface area (Å²) in [6.45, 7) is 3.82. The number of hydrogen-bond acceptors (Lipinski definition) is 4. The van der Waals surface area contributed by atoms with Crippen LogP contribution in [0, 0.1) is 0 Å². The largest absolute Gasteiger partial charge is 0.480 e. The van der Waals surface area contributed by atoms with E-state index in [-0.39, 0.29) is 11.2 Å². The monoisotopic (exact) mass is 235 g/mol. The zero-order valence-corrected chi connectivity index (χ0v) is 9.97. The molecule has 0 aromatic heterocycles. The van der Waals surface area contributed by atoms with Crippen molar-refractivity contribution in [3.05, 3.63) is 0 Å². The van der Waals surface area contributed by atoms with E-state index >= 15 is 0 Å². The lowest BCUT2D eigenvalue weighted by atomic mass is 10.3. The van der Waals surface area contributed by atoms with Gasteiger partial charge in [0.25, 0.3) is 0 Å². The third-order valence-corrected chi connectivity index (χ3v) is 2.86. The van der Waals surface area contributed by atoms with Crippen LogP contribution in [0.25, 0.3) is 0 Å². The first-order valence-corrected chi connectivity index (χ1v) is 5.62. The van der Waals surface area contributed by atoms with E-state index in [0.29, 0.717) is 12.4 Å². The van der Waals surface area contributed by atoms with Gasteiger partial charge in [0.1, 0.15) is 6.04 Å². The second-order valence-electron chi connectivity index (χ2n) is 3.19. The number of amides is 1. The number of carboxylic acid groups (broad SMARTS) is 1. The highest BCUT2D eigenvalue weighted by molar-refractivity contribution is 7.99. The average molecular weight is 235 g/mol. The molecule has 0 saturated heterocycles. The van der Waals surface area contributed by atoms with Crippen LogP contribution in [0.4, 0.5) is 0 Å². The van der Waals surface area contributed by atoms with E-state index in [1.54, 1.807) is 7.11 Å². The quantitative estimate of drug-likeness (QED) is 0.665. The van der Waals surface area contributed by atoms with Crippen LogP contribution in [0.1, 0.15) is 13.8 Å². The predicted octanol–water partition coefficient (Wildman–Crippen LogP) is 0.344. The molecule has 88 valence electrons. The number of thioether (sulfide) groups is 1. The highest BCUT2D eigenvalue weighted by Gasteiger charge is 2.19. The van der Waals surface area contributed by atoms with Gasteiger partial charge in [-0.25, -0.2) is 4.79 Å². The lowest BCUT2D eigenvalue weighted by molar-refractivity contribution is -0.140. The molecule has 5 nitrogen and oxygen atoms in total. The van der Waals surface area contributed by atoms with Gasteiger partial charge in [0.05, 0.1) is 6.61 Å². The van der Waals surface area contributed by atoms with Gasteiger partial charge in [0, 0.05) is 25.0 Å². The summed E-state index contributed by atoms with van der Waals surface area (Å²) in [4.78, 5) is 21.5. The molecule has 0 saturated carbocycles. The summed E-state index contributed by atoms with van der Waals surface area (Å²) < 4.78 is 4.92. The van der Waals surface area contributed by atoms with Crippen molar-refractivity contribution in [1.82, 2.24) is 5.32 Å². The number of rotatable bonds is 7. The number of nitrogens with one attached hydrogen (secondary N) is 1. The molecular formula is C9H17NO4S. The lowest BCUT2D eigenvalue weighted by Gasteiger charge is -2.15. The zero-order chi connectivity index (χ0) is 11.8. The van der Waals surface area contributed by atoms with E-state index in [4.69, 9.17) is 9.84 Å². The maximum absolute atomic E-state index is 10.7. The molecular weight excluding hydrogens is 218 g/mol. The van der Waals surface area contributed by atoms with Gasteiger partial charge in [-0.3, -0.25) is 4.79 Å². The van der Waals surface area contributed by atoms with Gasteiger partial charge >= 0.3 is 5.97 Å². The molecule has 0 aliphatic heterocycles. The van der Waals surface area contributed by atoms with Gasteiger partial charge in [-0.1, -0.05) is 6.92 Å². The Hall–Kier alpha value is -0.750. The van der Waals surface area contributed by atoms with Crippen LogP contribution in [0.5, 0.6) is 0 Å². The van der Waals surface area contributed by atoms with Gasteiger partial charge in [-0.05, 0) is 0 Å². The second kappa shape index (κ2) is 7.53. The van der Waals surface area contributed by atoms with Gasteiger partial charge in [-0.15, -0.1) is 0 Å². The Kier molecular flexibility index (Phi) is 7.15. The van der Waals surface area contributed by atoms with Crippen molar-refractivity contribution in [2.75, 3.05) is 19.5 Å². The molecule has 2 unspecified atom stereocenters. The molecule has 0 aromatic carbocycles. The molecule has 0 heterocycles. The number of carbonyl (C=O) groups is 2. The van der Waals surface area contributed by atoms with Crippen LogP contribution >= 0.6 is 11.8 Å². The minimum atomic E-state index is -1.01. The number of methoxy groups -OCH3 is 1. The molecule has 0 radical (unpaired) electrons. The fraction of sp³-hybridized carbons (Fsp3) is 0.778. The Morgan fingerprint density at radius 1 is 1.53 bits per heavy atom. The first-order valence-electron chi connectivity index (χ1n) is 4.57. The third-order valence-electron chi connectivity index (χ3n) is 1.62. The van der Waals surface area contributed by atoms with Gasteiger partial charge in [0.2, 0.25) is 5.91 Å². The fourth-order valence-corrected chi connectivity index (χ4v) is 1.94. The molecule has 6 heteroatoms. The number of carboxylic acids is 1. The number of ether oxygens (including phenoxy) is 1. The molecule has 15 heavy (non-hydrogen) atoms. The predicted molar refractivity (Wildman–Crippen MR) is 59.0 cm³/mol. The van der Waals surface area contributed by atoms with E-state index in [0.717, 1.165) is 0 Å². The number of aliphatic carboxylic acids is 1. The smallest absolute Gasteiger partial charge is 0.327 e. The molecule has 0 aromatic rings. The summed E-state index contributed by atoms with van der Waals surface area (Å²) in [7, 11) is 1.60. The van der Waals surface area contributed by atoms with Gasteiger partial charge in [-0.2, -0.15) is 11.8 Å². The van der Waals surface area contributed by atoms with Crippen molar-refractivity contribution >= 4 is 23.6 Å². The maximum Gasteiger partial charge on any atom is 0.327 e. The Morgan fingerprint density at radius 3 is 2.53 bits per heavy atom. The summed E-state index contributed by atoms with van der Waals surface area (Å²) in [6, 6.07) is -0.827. The summed E-state index contributed by atoms with van der Waals surface area (Å²) in [5, 5.41) is 11.4. The van der Waals surface area contributed by atoms with E-state index in [1.165, 1.54) is 18.7 Å². The SMILES string of the molecule is COCC(C)SCC(NC(C)=O)C(=O)O. The van der Waals surface area contributed by atoms with Crippen LogP contribution in [0.15, 0.2) is 0 Å². The molecule has 0 fully saturated rings. The standard InChI is InChI=1S/C9H17NO4S/c1-6(4-14-3)15-5-8(9(12)13)10-7(2)11/h6,8H,4-5H2,1-3H3,(H,10,11)(H,12,13). The molecule has 0 rings (SSSR count). The van der Waals surface area contributed by atoms with E-state index in [9.17, 15) is 9.59 Å². The van der Waals surface area contributed by atoms with E-state index in [1.807, 2.05) is 6.92 Å². The van der Waals surface area contributed by atoms with E-state index < -0.39 is 12.0 Å². The summed E-state index contributed by atoms with van der Waals surface area (Å²) >= 11 is 1.46. The van der Waals surface area contributed by atoms with Crippen molar-refractivity contribution in [2.45, 2.75) is 25.1 Å². The van der Waals surface area contributed by atoms with Crippen LogP contribution in [-0.4, -0.2) is 47.7 Å². The van der Waals surface area contributed by atoms with Crippen molar-refractivity contribution in [3.8, 4) is 0 Å². The lowest BCUT2D eigenvalue weighted by Crippen LogP contribution is -2.41. The number of carbonyl (C=O) groups excluding carboxylic acids is 1. The first-order chi connectivity index (χ1) is 6.97. The van der Waals surface area contributed by atoms with Crippen LogP contribution < -0.4 is 5.32 Å². The molecule has 1 amide bonds. The first kappa shape index (κ1) is 14.2. The zero-order valence-electron chi connectivity index (χ0n) is 9.15. The molecule has 2 atom stereocenters. The summed E-state index contributed by atoms with van der Waals surface area (Å²) in [5.74, 6) is -0.996. The van der Waals surface area contributed by atoms with Crippen LogP contribution in [-0.2, 0) is 14.3 Å². The Bertz CT molecular complexity index is 222. The van der Waals surface area contributed by atoms with Crippen LogP contribution in [0.2, 0.25) is 0 Å². The number of hydrogen-bond donors (Lipinski definition) is 2. The summed E-state index contributed by atoms with van der Waals surface area (Å²) in [5.41, 5.74) is 0. The topological polar surface area (TPSA) is 75.6 Å². The molecule has 0 bridgehead atoms. The highest BCUT2D eigenvalue weighted by Crippen LogP contribution is 2.12. The van der Waals surface area contributed by atoms with Crippen molar-refractivity contribution in [1.29, 1.82) is 0 Å². The highest BCUT2D eigenvalue weighted by atomic mass is 32.2. The molecule has 0 spiro atoms. The van der Waals surface area contributed by atoms with Crippen molar-refractivity contribution in [3.63, 3.8) is 0 Å². The average Bonchev–Trinajstić information content (AvgIpc) is 2.11. The minimum Gasteiger partial charge on any atom is -0.480 e. The molecule has 0 aliphatic rings.